The minimum absolute atomic E-state index is 0.486. The molecule has 0 amide bonds. The molecule has 0 saturated heterocycles. The molecular weight excluding hydrogens is 300 g/mol. The molecule has 0 aliphatic rings. The van der Waals surface area contributed by atoms with Gasteiger partial charge >= 0.3 is 0 Å². The van der Waals surface area contributed by atoms with Gasteiger partial charge in [0.2, 0.25) is 0 Å². The second kappa shape index (κ2) is 6.91. The molecule has 0 N–H and O–H groups in total. The molecule has 0 aliphatic heterocycles. The number of halogens is 1. The van der Waals surface area contributed by atoms with Crippen molar-refractivity contribution in [2.75, 3.05) is 0 Å². The summed E-state index contributed by atoms with van der Waals surface area (Å²) in [6, 6.07) is 16.4. The van der Waals surface area contributed by atoms with Gasteiger partial charge in [0.05, 0.1) is 0 Å². The number of hydrogen-bond acceptors (Lipinski definition) is 0. The van der Waals surface area contributed by atoms with Gasteiger partial charge in [-0.1, -0.05) is 74.0 Å². The van der Waals surface area contributed by atoms with Crippen LogP contribution in [0.4, 0.5) is 0 Å². The smallest absolute Gasteiger partial charge is 0.123 e. The normalized spacial score (nSPS) is 11.7. The summed E-state index contributed by atoms with van der Waals surface area (Å²) >= 11 is 3.82. The van der Waals surface area contributed by atoms with Gasteiger partial charge in [0.15, 0.2) is 7.42 Å². The van der Waals surface area contributed by atoms with Crippen LogP contribution in [-0.4, -0.2) is 7.42 Å². The number of hydrogen-bond donors (Lipinski definition) is 0. The maximum atomic E-state index is 3.82. The Morgan fingerprint density at radius 2 is 1.89 bits per heavy atom. The third kappa shape index (κ3) is 3.56. The summed E-state index contributed by atoms with van der Waals surface area (Å²) in [6.07, 6.45) is 4.88. The van der Waals surface area contributed by atoms with Gasteiger partial charge in [-0.25, -0.2) is 0 Å². The SMILES string of the molecule is CCCC[Si](Br)C=Cc1cccc2ccccc12. The summed E-state index contributed by atoms with van der Waals surface area (Å²) in [5.74, 6) is 0. The number of benzene rings is 2. The number of rotatable bonds is 5. The zero-order valence-electron chi connectivity index (χ0n) is 10.7. The van der Waals surface area contributed by atoms with Crippen molar-refractivity contribution >= 4 is 39.6 Å². The summed E-state index contributed by atoms with van der Waals surface area (Å²) in [7, 11) is -0.486. The fourth-order valence-electron chi connectivity index (χ4n) is 2.00. The van der Waals surface area contributed by atoms with Gasteiger partial charge in [-0.05, 0) is 22.4 Å². The molecule has 0 saturated carbocycles. The van der Waals surface area contributed by atoms with Crippen molar-refractivity contribution in [2.45, 2.75) is 25.8 Å². The monoisotopic (exact) mass is 317 g/mol. The Balaban J connectivity index is 2.18. The molecule has 0 nitrogen and oxygen atoms in total. The predicted octanol–water partition coefficient (Wildman–Crippen LogP) is 5.58. The molecule has 1 radical (unpaired) electrons. The van der Waals surface area contributed by atoms with Gasteiger partial charge < -0.3 is 0 Å². The van der Waals surface area contributed by atoms with Crippen molar-refractivity contribution in [2.24, 2.45) is 0 Å². The van der Waals surface area contributed by atoms with Crippen molar-refractivity contribution in [1.82, 2.24) is 0 Å². The average molecular weight is 318 g/mol. The highest BCUT2D eigenvalue weighted by Gasteiger charge is 2.02. The lowest BCUT2D eigenvalue weighted by atomic mass is 10.1. The highest BCUT2D eigenvalue weighted by Crippen LogP contribution is 2.20. The van der Waals surface area contributed by atoms with Crippen molar-refractivity contribution in [3.05, 3.63) is 53.7 Å². The highest BCUT2D eigenvalue weighted by atomic mass is 79.9. The van der Waals surface area contributed by atoms with Gasteiger partial charge in [-0.2, -0.15) is 0 Å². The second-order valence-electron chi connectivity index (χ2n) is 4.45. The fraction of sp³-hybridized carbons (Fsp3) is 0.250. The van der Waals surface area contributed by atoms with Crippen LogP contribution in [0.15, 0.2) is 48.2 Å². The standard InChI is InChI=1S/C16H18BrSi/c1-2-3-12-18(17)13-11-15-9-6-8-14-7-4-5-10-16(14)15/h4-11,13H,2-3,12H2,1H3. The van der Waals surface area contributed by atoms with Crippen LogP contribution in [0.2, 0.25) is 6.04 Å². The lowest BCUT2D eigenvalue weighted by molar-refractivity contribution is 0.880. The lowest BCUT2D eigenvalue weighted by Gasteiger charge is -2.03. The summed E-state index contributed by atoms with van der Waals surface area (Å²) in [5, 5.41) is 2.66. The van der Waals surface area contributed by atoms with E-state index >= 15 is 0 Å². The van der Waals surface area contributed by atoms with Gasteiger partial charge in [0, 0.05) is 0 Å². The Morgan fingerprint density at radius 3 is 2.72 bits per heavy atom. The van der Waals surface area contributed by atoms with Crippen molar-refractivity contribution in [3.8, 4) is 0 Å². The van der Waals surface area contributed by atoms with Crippen LogP contribution in [-0.2, 0) is 0 Å². The zero-order chi connectivity index (χ0) is 12.8. The highest BCUT2D eigenvalue weighted by molar-refractivity contribution is 9.24. The molecule has 0 bridgehead atoms. The van der Waals surface area contributed by atoms with Crippen LogP contribution >= 0.6 is 15.3 Å². The molecule has 0 aromatic heterocycles. The third-order valence-corrected chi connectivity index (χ3v) is 6.38. The molecule has 2 aromatic carbocycles. The zero-order valence-corrected chi connectivity index (χ0v) is 13.3. The van der Waals surface area contributed by atoms with Crippen molar-refractivity contribution in [1.29, 1.82) is 0 Å². The summed E-state index contributed by atoms with van der Waals surface area (Å²) in [4.78, 5) is 0. The van der Waals surface area contributed by atoms with Crippen molar-refractivity contribution in [3.63, 3.8) is 0 Å². The fourth-order valence-corrected chi connectivity index (χ4v) is 4.46. The van der Waals surface area contributed by atoms with Crippen LogP contribution in [0.5, 0.6) is 0 Å². The Bertz CT molecular complexity index is 528. The maximum absolute atomic E-state index is 3.82. The summed E-state index contributed by atoms with van der Waals surface area (Å²) in [5.41, 5.74) is 3.69. The first-order valence-electron chi connectivity index (χ1n) is 6.48. The molecule has 0 atom stereocenters. The van der Waals surface area contributed by atoms with Crippen LogP contribution in [0, 0.1) is 0 Å². The minimum Gasteiger partial charge on any atom is -0.123 e. The quantitative estimate of drug-likeness (QED) is 0.499. The molecule has 0 unspecified atom stereocenters. The van der Waals surface area contributed by atoms with E-state index in [1.807, 2.05) is 0 Å². The lowest BCUT2D eigenvalue weighted by Crippen LogP contribution is -1.96. The van der Waals surface area contributed by atoms with E-state index in [0.717, 1.165) is 0 Å². The first-order valence-corrected chi connectivity index (χ1v) is 10.5. The molecule has 0 aliphatic carbocycles. The number of unbranched alkanes of at least 4 members (excludes halogenated alkanes) is 1. The molecular formula is C16H18BrSi. The van der Waals surface area contributed by atoms with Gasteiger partial charge in [-0.15, -0.1) is 15.3 Å². The molecule has 0 heterocycles. The van der Waals surface area contributed by atoms with Crippen LogP contribution in [0.25, 0.3) is 16.8 Å². The van der Waals surface area contributed by atoms with E-state index in [1.54, 1.807) is 0 Å². The Morgan fingerprint density at radius 1 is 1.11 bits per heavy atom. The first-order chi connectivity index (χ1) is 8.81. The molecule has 0 fully saturated rings. The van der Waals surface area contributed by atoms with Gasteiger partial charge in [-0.3, -0.25) is 0 Å². The van der Waals surface area contributed by atoms with Crippen molar-refractivity contribution < 1.29 is 0 Å². The second-order valence-corrected chi connectivity index (χ2v) is 9.23. The Hall–Kier alpha value is -0.863. The molecule has 93 valence electrons. The molecule has 2 rings (SSSR count). The van der Waals surface area contributed by atoms with E-state index in [2.05, 4.69) is 76.5 Å². The largest absolute Gasteiger partial charge is 0.161 e. The maximum Gasteiger partial charge on any atom is 0.161 e. The topological polar surface area (TPSA) is 0 Å². The predicted molar refractivity (Wildman–Crippen MR) is 87.4 cm³/mol. The van der Waals surface area contributed by atoms with E-state index in [9.17, 15) is 0 Å². The molecule has 2 aromatic rings. The summed E-state index contributed by atoms with van der Waals surface area (Å²) < 4.78 is 0. The average Bonchev–Trinajstić information content (AvgIpc) is 2.42. The van der Waals surface area contributed by atoms with Gasteiger partial charge in [0.25, 0.3) is 0 Å². The van der Waals surface area contributed by atoms with Crippen LogP contribution in [0.3, 0.4) is 0 Å². The third-order valence-electron chi connectivity index (χ3n) is 3.04. The Labute approximate surface area is 119 Å². The first kappa shape index (κ1) is 13.6. The minimum atomic E-state index is -0.486. The van der Waals surface area contributed by atoms with E-state index in [0.29, 0.717) is 0 Å². The van der Waals surface area contributed by atoms with E-state index in [-0.39, 0.29) is 0 Å². The molecule has 0 spiro atoms. The summed E-state index contributed by atoms with van der Waals surface area (Å²) in [6.45, 7) is 2.25. The molecule has 2 heteroatoms. The Kier molecular flexibility index (Phi) is 5.21. The molecule has 18 heavy (non-hydrogen) atoms. The van der Waals surface area contributed by atoms with E-state index in [4.69, 9.17) is 0 Å². The number of fused-ring (bicyclic) bond motifs is 1. The van der Waals surface area contributed by atoms with Gasteiger partial charge in [0.1, 0.15) is 0 Å². The van der Waals surface area contributed by atoms with E-state index < -0.39 is 7.42 Å². The van der Waals surface area contributed by atoms with E-state index in [1.165, 1.54) is 35.2 Å². The van der Waals surface area contributed by atoms with Crippen LogP contribution in [0.1, 0.15) is 25.3 Å². The van der Waals surface area contributed by atoms with Crippen LogP contribution < -0.4 is 0 Å².